The van der Waals surface area contributed by atoms with E-state index < -0.39 is 0 Å². The Kier molecular flexibility index (Phi) is 6.02. The topological polar surface area (TPSA) is 65.5 Å². The van der Waals surface area contributed by atoms with E-state index in [0.717, 1.165) is 16.6 Å². The van der Waals surface area contributed by atoms with Crippen molar-refractivity contribution in [2.24, 2.45) is 0 Å². The Morgan fingerprint density at radius 3 is 2.56 bits per heavy atom. The van der Waals surface area contributed by atoms with Crippen LogP contribution < -0.4 is 10.2 Å². The highest BCUT2D eigenvalue weighted by molar-refractivity contribution is 7.13. The molecule has 7 heteroatoms. The average Bonchev–Trinajstić information content (AvgIpc) is 3.28. The van der Waals surface area contributed by atoms with Crippen molar-refractivity contribution in [2.45, 2.75) is 19.9 Å². The predicted molar refractivity (Wildman–Crippen MR) is 138 cm³/mol. The van der Waals surface area contributed by atoms with Crippen molar-refractivity contribution in [1.82, 2.24) is 9.27 Å². The van der Waals surface area contributed by atoms with Crippen LogP contribution in [0.4, 0.5) is 11.4 Å². The lowest BCUT2D eigenvalue weighted by Gasteiger charge is -2.41. The first-order valence-corrected chi connectivity index (χ1v) is 12.2. The van der Waals surface area contributed by atoms with Gasteiger partial charge in [-0.2, -0.15) is 4.37 Å². The highest BCUT2D eigenvalue weighted by Gasteiger charge is 2.27. The van der Waals surface area contributed by atoms with Gasteiger partial charge in [-0.15, -0.1) is 0 Å². The molecule has 0 bridgehead atoms. The maximum Gasteiger partial charge on any atom is 0.276 e. The van der Waals surface area contributed by atoms with Gasteiger partial charge in [0.15, 0.2) is 0 Å². The van der Waals surface area contributed by atoms with Crippen LogP contribution in [0, 0.1) is 6.92 Å². The van der Waals surface area contributed by atoms with E-state index in [1.54, 1.807) is 24.3 Å². The molecule has 4 aromatic rings. The second-order valence-electron chi connectivity index (χ2n) is 8.69. The van der Waals surface area contributed by atoms with E-state index >= 15 is 0 Å². The number of rotatable bonds is 4. The van der Waals surface area contributed by atoms with Gasteiger partial charge in [0.2, 0.25) is 0 Å². The minimum atomic E-state index is -0.252. The fourth-order valence-corrected chi connectivity index (χ4v) is 5.22. The minimum Gasteiger partial charge on any atom is -0.365 e. The molecule has 0 saturated carbocycles. The summed E-state index contributed by atoms with van der Waals surface area (Å²) in [5, 5.41) is 3.73. The molecule has 34 heavy (non-hydrogen) atoms. The number of carbonyl (C=O) groups is 2. The van der Waals surface area contributed by atoms with Crippen LogP contribution in [0.15, 0.2) is 72.8 Å². The molecule has 1 N–H and O–H groups in total. The largest absolute Gasteiger partial charge is 0.365 e. The summed E-state index contributed by atoms with van der Waals surface area (Å²) in [6.07, 6.45) is 0. The molecule has 5 rings (SSSR count). The summed E-state index contributed by atoms with van der Waals surface area (Å²) in [7, 11) is 0. The first-order chi connectivity index (χ1) is 16.5. The van der Waals surface area contributed by atoms with Crippen molar-refractivity contribution < 1.29 is 9.59 Å². The molecule has 2 amide bonds. The van der Waals surface area contributed by atoms with Gasteiger partial charge in [0.1, 0.15) is 5.69 Å². The molecule has 0 spiro atoms. The molecule has 1 atom stereocenters. The number of fused-ring (bicyclic) bond motifs is 1. The van der Waals surface area contributed by atoms with E-state index in [0.29, 0.717) is 30.0 Å². The fraction of sp³-hybridized carbons (Fsp3) is 0.222. The highest BCUT2D eigenvalue weighted by Crippen LogP contribution is 2.24. The van der Waals surface area contributed by atoms with Crippen molar-refractivity contribution in [1.29, 1.82) is 0 Å². The number of nitrogens with one attached hydrogen (secondary N) is 1. The number of anilines is 2. The summed E-state index contributed by atoms with van der Waals surface area (Å²) in [5.41, 5.74) is 4.11. The Balaban J connectivity index is 1.23. The van der Waals surface area contributed by atoms with Gasteiger partial charge in [-0.25, -0.2) is 0 Å². The number of aryl methyl sites for hydroxylation is 1. The summed E-state index contributed by atoms with van der Waals surface area (Å²) in [4.78, 5) is 30.1. The van der Waals surface area contributed by atoms with E-state index in [9.17, 15) is 9.59 Å². The monoisotopic (exact) mass is 470 g/mol. The molecule has 0 unspecified atom stereocenters. The van der Waals surface area contributed by atoms with Crippen LogP contribution in [0.25, 0.3) is 10.1 Å². The summed E-state index contributed by atoms with van der Waals surface area (Å²) < 4.78 is 5.28. The molecule has 1 aliphatic rings. The molecule has 3 aromatic carbocycles. The fourth-order valence-electron chi connectivity index (χ4n) is 4.45. The normalized spacial score (nSPS) is 16.0. The van der Waals surface area contributed by atoms with Crippen LogP contribution in [0.3, 0.4) is 0 Å². The quantitative estimate of drug-likeness (QED) is 0.445. The van der Waals surface area contributed by atoms with Gasteiger partial charge in [0.25, 0.3) is 11.8 Å². The van der Waals surface area contributed by atoms with Crippen LogP contribution in [-0.4, -0.2) is 46.8 Å². The molecule has 1 saturated heterocycles. The number of hydrogen-bond donors (Lipinski definition) is 1. The van der Waals surface area contributed by atoms with Crippen molar-refractivity contribution in [3.63, 3.8) is 0 Å². The van der Waals surface area contributed by atoms with Crippen molar-refractivity contribution in [3.05, 3.63) is 89.6 Å². The standard InChI is InChI=1S/C27H26N4O2S/c1-18-6-5-7-22(16-18)31-15-14-30(17-19(31)2)27(33)20-10-12-21(13-11-20)28-26(32)25-23-8-3-4-9-24(23)34-29-25/h3-13,16,19H,14-15,17H2,1-2H3,(H,28,32)/t19-/m0/s1. The molecule has 2 heterocycles. The first kappa shape index (κ1) is 22.1. The second kappa shape index (κ2) is 9.27. The third-order valence-electron chi connectivity index (χ3n) is 6.23. The molecule has 1 aromatic heterocycles. The lowest BCUT2D eigenvalue weighted by molar-refractivity contribution is 0.0726. The van der Waals surface area contributed by atoms with Crippen molar-refractivity contribution in [2.75, 3.05) is 29.9 Å². The predicted octanol–water partition coefficient (Wildman–Crippen LogP) is 5.21. The summed E-state index contributed by atoms with van der Waals surface area (Å²) >= 11 is 1.31. The van der Waals surface area contributed by atoms with Crippen LogP contribution in [0.2, 0.25) is 0 Å². The van der Waals surface area contributed by atoms with E-state index in [1.165, 1.54) is 22.8 Å². The van der Waals surface area contributed by atoms with E-state index in [-0.39, 0.29) is 17.9 Å². The average molecular weight is 471 g/mol. The van der Waals surface area contributed by atoms with Crippen molar-refractivity contribution in [3.8, 4) is 0 Å². The summed E-state index contributed by atoms with van der Waals surface area (Å²) in [6, 6.07) is 23.5. The first-order valence-electron chi connectivity index (χ1n) is 11.4. The Labute approximate surface area is 203 Å². The summed E-state index contributed by atoms with van der Waals surface area (Å²) in [6.45, 7) is 6.39. The van der Waals surface area contributed by atoms with E-state index in [2.05, 4.69) is 52.7 Å². The Hall–Kier alpha value is -3.71. The Morgan fingerprint density at radius 2 is 1.79 bits per heavy atom. The molecule has 0 radical (unpaired) electrons. The number of benzene rings is 3. The van der Waals surface area contributed by atoms with Crippen LogP contribution in [-0.2, 0) is 0 Å². The van der Waals surface area contributed by atoms with Gasteiger partial charge < -0.3 is 15.1 Å². The van der Waals surface area contributed by atoms with E-state index in [1.807, 2.05) is 29.2 Å². The third-order valence-corrected chi connectivity index (χ3v) is 7.06. The minimum absolute atomic E-state index is 0.0131. The number of carbonyl (C=O) groups excluding carboxylic acids is 2. The molecule has 172 valence electrons. The lowest BCUT2D eigenvalue weighted by atomic mass is 10.1. The number of hydrogen-bond acceptors (Lipinski definition) is 5. The Bertz CT molecular complexity index is 1350. The van der Waals surface area contributed by atoms with Crippen LogP contribution in [0.1, 0.15) is 33.3 Å². The number of piperazine rings is 1. The third kappa shape index (κ3) is 4.39. The smallest absolute Gasteiger partial charge is 0.276 e. The zero-order valence-corrected chi connectivity index (χ0v) is 20.0. The number of aromatic nitrogens is 1. The van der Waals surface area contributed by atoms with Gasteiger partial charge in [-0.05, 0) is 73.4 Å². The highest BCUT2D eigenvalue weighted by atomic mass is 32.1. The number of amides is 2. The van der Waals surface area contributed by atoms with Gasteiger partial charge in [-0.3, -0.25) is 9.59 Å². The lowest BCUT2D eigenvalue weighted by Crippen LogP contribution is -2.53. The Morgan fingerprint density at radius 1 is 1.00 bits per heavy atom. The van der Waals surface area contributed by atoms with Gasteiger partial charge >= 0.3 is 0 Å². The molecule has 1 fully saturated rings. The zero-order valence-electron chi connectivity index (χ0n) is 19.2. The van der Waals surface area contributed by atoms with Gasteiger partial charge in [0, 0.05) is 48.0 Å². The van der Waals surface area contributed by atoms with Crippen molar-refractivity contribution >= 4 is 44.8 Å². The van der Waals surface area contributed by atoms with E-state index in [4.69, 9.17) is 0 Å². The molecule has 6 nitrogen and oxygen atoms in total. The van der Waals surface area contributed by atoms with Gasteiger partial charge in [-0.1, -0.05) is 30.3 Å². The maximum atomic E-state index is 13.1. The maximum absolute atomic E-state index is 13.1. The zero-order chi connectivity index (χ0) is 23.7. The SMILES string of the molecule is Cc1cccc(N2CCN(C(=O)c3ccc(NC(=O)c4nsc5ccccc45)cc3)C[C@@H]2C)c1. The molecular formula is C27H26N4O2S. The molecular weight excluding hydrogens is 444 g/mol. The van der Waals surface area contributed by atoms with Crippen LogP contribution >= 0.6 is 11.5 Å². The molecule has 0 aliphatic carbocycles. The molecule has 1 aliphatic heterocycles. The van der Waals surface area contributed by atoms with Gasteiger partial charge in [0.05, 0.1) is 4.70 Å². The number of nitrogens with zero attached hydrogens (tertiary/aromatic N) is 3. The van der Waals surface area contributed by atoms with Crippen LogP contribution in [0.5, 0.6) is 0 Å². The second-order valence-corrected chi connectivity index (χ2v) is 9.50. The summed E-state index contributed by atoms with van der Waals surface area (Å²) in [5.74, 6) is -0.239.